The van der Waals surface area contributed by atoms with Crippen molar-refractivity contribution in [2.45, 2.75) is 18.2 Å². The number of ether oxygens (including phenoxy) is 2. The molecule has 9 heteroatoms. The van der Waals surface area contributed by atoms with E-state index in [1.165, 1.54) is 4.90 Å². The molecular weight excluding hydrogens is 390 g/mol. The maximum absolute atomic E-state index is 12.6. The molecule has 1 aromatic carbocycles. The maximum atomic E-state index is 12.6. The lowest BCUT2D eigenvalue weighted by Crippen LogP contribution is -2.46. The molecule has 2 aliphatic heterocycles. The number of pyridine rings is 1. The first-order valence-corrected chi connectivity index (χ1v) is 9.57. The average Bonchev–Trinajstić information content (AvgIpc) is 3.40. The van der Waals surface area contributed by atoms with Gasteiger partial charge in [-0.05, 0) is 11.6 Å². The van der Waals surface area contributed by atoms with E-state index in [2.05, 4.69) is 10.3 Å². The van der Waals surface area contributed by atoms with E-state index < -0.39 is 29.6 Å². The minimum Gasteiger partial charge on any atom is -0.480 e. The summed E-state index contributed by atoms with van der Waals surface area (Å²) in [4.78, 5) is 41.9. The molecule has 2 aliphatic rings. The topological polar surface area (TPSA) is 118 Å². The molecule has 30 heavy (non-hydrogen) atoms. The number of aliphatic carboxylic acids is 1. The molecule has 156 valence electrons. The van der Waals surface area contributed by atoms with Crippen LogP contribution in [0.3, 0.4) is 0 Å². The number of hydrogen-bond acceptors (Lipinski definition) is 6. The molecule has 0 radical (unpaired) electrons. The Morgan fingerprint density at radius 2 is 1.83 bits per heavy atom. The van der Waals surface area contributed by atoms with Gasteiger partial charge in [0.05, 0.1) is 26.3 Å². The predicted molar refractivity (Wildman–Crippen MR) is 104 cm³/mol. The number of carbonyl (C=O) groups is 3. The van der Waals surface area contributed by atoms with Gasteiger partial charge < -0.3 is 24.8 Å². The van der Waals surface area contributed by atoms with Crippen molar-refractivity contribution in [2.24, 2.45) is 0 Å². The number of carboxylic acids is 1. The van der Waals surface area contributed by atoms with Crippen molar-refractivity contribution in [1.82, 2.24) is 15.2 Å². The number of aromatic nitrogens is 1. The smallest absolute Gasteiger partial charge is 0.326 e. The van der Waals surface area contributed by atoms with E-state index in [0.29, 0.717) is 13.2 Å². The van der Waals surface area contributed by atoms with E-state index in [0.717, 1.165) is 11.1 Å². The summed E-state index contributed by atoms with van der Waals surface area (Å²) in [6.07, 6.45) is 1.65. The van der Waals surface area contributed by atoms with Crippen LogP contribution in [0.2, 0.25) is 0 Å². The van der Waals surface area contributed by atoms with Crippen LogP contribution in [0.1, 0.15) is 16.9 Å². The van der Waals surface area contributed by atoms with Crippen molar-refractivity contribution in [3.05, 3.63) is 54.4 Å². The summed E-state index contributed by atoms with van der Waals surface area (Å²) in [6.45, 7) is 0.384. The van der Waals surface area contributed by atoms with Crippen molar-refractivity contribution >= 4 is 17.8 Å². The third-order valence-electron chi connectivity index (χ3n) is 5.21. The van der Waals surface area contributed by atoms with Gasteiger partial charge in [0.2, 0.25) is 5.91 Å². The van der Waals surface area contributed by atoms with Crippen LogP contribution in [0.15, 0.2) is 48.7 Å². The average molecular weight is 411 g/mol. The van der Waals surface area contributed by atoms with E-state index in [1.807, 2.05) is 30.3 Å². The minimum atomic E-state index is -1.14. The first kappa shape index (κ1) is 20.0. The number of carboxylic acid groups (broad SMARTS) is 1. The summed E-state index contributed by atoms with van der Waals surface area (Å²) >= 11 is 0. The first-order valence-electron chi connectivity index (χ1n) is 9.57. The van der Waals surface area contributed by atoms with E-state index in [1.54, 1.807) is 18.3 Å². The van der Waals surface area contributed by atoms with Crippen LogP contribution >= 0.6 is 0 Å². The number of nitrogens with zero attached hydrogens (tertiary/aromatic N) is 2. The Balaban J connectivity index is 1.37. The number of rotatable bonds is 5. The number of nitrogens with one attached hydrogen (secondary N) is 1. The Morgan fingerprint density at radius 3 is 2.47 bits per heavy atom. The van der Waals surface area contributed by atoms with Crippen LogP contribution in [-0.2, 0) is 19.1 Å². The second-order valence-corrected chi connectivity index (χ2v) is 7.17. The third-order valence-corrected chi connectivity index (χ3v) is 5.21. The van der Waals surface area contributed by atoms with E-state index >= 15 is 0 Å². The molecule has 0 saturated carbocycles. The molecule has 9 nitrogen and oxygen atoms in total. The fourth-order valence-corrected chi connectivity index (χ4v) is 3.71. The normalized spacial score (nSPS) is 19.7. The van der Waals surface area contributed by atoms with Crippen LogP contribution in [0.4, 0.5) is 0 Å². The molecular formula is C21H21N3O6. The van der Waals surface area contributed by atoms with E-state index in [4.69, 9.17) is 9.47 Å². The van der Waals surface area contributed by atoms with Crippen molar-refractivity contribution in [3.8, 4) is 11.1 Å². The van der Waals surface area contributed by atoms with Gasteiger partial charge in [-0.15, -0.1) is 0 Å². The van der Waals surface area contributed by atoms with Crippen molar-refractivity contribution < 1.29 is 29.0 Å². The lowest BCUT2D eigenvalue weighted by Gasteiger charge is -2.23. The second kappa shape index (κ2) is 8.21. The zero-order chi connectivity index (χ0) is 21.1. The fraction of sp³-hybridized carbons (Fsp3) is 0.333. The highest BCUT2D eigenvalue weighted by Gasteiger charge is 2.52. The fourth-order valence-electron chi connectivity index (χ4n) is 3.71. The Kier molecular flexibility index (Phi) is 5.47. The van der Waals surface area contributed by atoms with Crippen LogP contribution in [-0.4, -0.2) is 70.9 Å². The summed E-state index contributed by atoms with van der Waals surface area (Å²) in [5.74, 6) is -3.24. The predicted octanol–water partition coefficient (Wildman–Crippen LogP) is 0.907. The molecule has 0 bridgehead atoms. The van der Waals surface area contributed by atoms with Gasteiger partial charge in [0.25, 0.3) is 5.91 Å². The highest BCUT2D eigenvalue weighted by atomic mass is 16.7. The standard InChI is InChI=1S/C21H21N3O6/c25-18(24-13-21(29-8-9-30-21)10-17(24)20(27)28)12-23-19(26)16-7-6-15(11-22-16)14-4-2-1-3-5-14/h1-7,11,17H,8-10,12-13H2,(H,23,26)(H,27,28)/t17-/m0/s1. The molecule has 2 N–H and O–H groups in total. The lowest BCUT2D eigenvalue weighted by molar-refractivity contribution is -0.152. The molecule has 4 rings (SSSR count). The van der Waals surface area contributed by atoms with Crippen LogP contribution in [0, 0.1) is 0 Å². The van der Waals surface area contributed by atoms with Gasteiger partial charge in [-0.25, -0.2) is 4.79 Å². The van der Waals surface area contributed by atoms with Gasteiger partial charge in [-0.1, -0.05) is 36.4 Å². The summed E-state index contributed by atoms with van der Waals surface area (Å²) in [6, 6.07) is 11.9. The Hall–Kier alpha value is -3.30. The Labute approximate surface area is 172 Å². The molecule has 1 spiro atoms. The van der Waals surface area contributed by atoms with Crippen molar-refractivity contribution in [3.63, 3.8) is 0 Å². The van der Waals surface area contributed by atoms with E-state index in [-0.39, 0.29) is 25.2 Å². The summed E-state index contributed by atoms with van der Waals surface area (Å²) in [5.41, 5.74) is 2.01. The quantitative estimate of drug-likeness (QED) is 0.751. The molecule has 2 saturated heterocycles. The van der Waals surface area contributed by atoms with Gasteiger partial charge in [-0.2, -0.15) is 0 Å². The van der Waals surface area contributed by atoms with Crippen molar-refractivity contribution in [1.29, 1.82) is 0 Å². The first-order chi connectivity index (χ1) is 14.5. The minimum absolute atomic E-state index is 0.0166. The molecule has 0 aliphatic carbocycles. The molecule has 2 fully saturated rings. The van der Waals surface area contributed by atoms with Gasteiger partial charge in [0.1, 0.15) is 11.7 Å². The largest absolute Gasteiger partial charge is 0.480 e. The molecule has 3 heterocycles. The number of benzene rings is 1. The number of likely N-dealkylation sites (tertiary alicyclic amines) is 1. The highest BCUT2D eigenvalue weighted by Crippen LogP contribution is 2.34. The zero-order valence-electron chi connectivity index (χ0n) is 16.1. The zero-order valence-corrected chi connectivity index (χ0v) is 16.1. The lowest BCUT2D eigenvalue weighted by atomic mass is 10.1. The van der Waals surface area contributed by atoms with Crippen LogP contribution in [0.25, 0.3) is 11.1 Å². The van der Waals surface area contributed by atoms with Crippen LogP contribution in [0.5, 0.6) is 0 Å². The summed E-state index contributed by atoms with van der Waals surface area (Å²) in [7, 11) is 0. The van der Waals surface area contributed by atoms with Gasteiger partial charge >= 0.3 is 5.97 Å². The Morgan fingerprint density at radius 1 is 1.10 bits per heavy atom. The number of hydrogen-bond donors (Lipinski definition) is 2. The molecule has 2 aromatic rings. The van der Waals surface area contributed by atoms with Gasteiger partial charge in [-0.3, -0.25) is 14.6 Å². The number of carbonyl (C=O) groups excluding carboxylic acids is 2. The third kappa shape index (κ3) is 4.03. The highest BCUT2D eigenvalue weighted by molar-refractivity contribution is 5.95. The van der Waals surface area contributed by atoms with E-state index in [9.17, 15) is 19.5 Å². The van der Waals surface area contributed by atoms with Gasteiger partial charge in [0, 0.05) is 18.2 Å². The van der Waals surface area contributed by atoms with Crippen LogP contribution < -0.4 is 5.32 Å². The molecule has 1 atom stereocenters. The monoisotopic (exact) mass is 411 g/mol. The van der Waals surface area contributed by atoms with Crippen molar-refractivity contribution in [2.75, 3.05) is 26.3 Å². The molecule has 2 amide bonds. The molecule has 1 aromatic heterocycles. The molecule has 0 unspecified atom stereocenters. The second-order valence-electron chi connectivity index (χ2n) is 7.17. The summed E-state index contributed by atoms with van der Waals surface area (Å²) in [5, 5.41) is 12.0. The van der Waals surface area contributed by atoms with Gasteiger partial charge in [0.15, 0.2) is 5.79 Å². The number of amides is 2. The maximum Gasteiger partial charge on any atom is 0.326 e. The Bertz CT molecular complexity index is 941. The SMILES string of the molecule is O=C(NCC(=O)N1CC2(C[C@H]1C(=O)O)OCCO2)c1ccc(-c2ccccc2)cn1. The summed E-state index contributed by atoms with van der Waals surface area (Å²) < 4.78 is 11.1.